The highest BCUT2D eigenvalue weighted by Gasteiger charge is 2.01. The largest absolute Gasteiger partial charge is 0.478 e. The molecule has 4 heteroatoms. The van der Waals surface area contributed by atoms with E-state index in [9.17, 15) is 9.59 Å². The van der Waals surface area contributed by atoms with Crippen molar-refractivity contribution >= 4 is 18.3 Å². The van der Waals surface area contributed by atoms with Gasteiger partial charge in [0.15, 0.2) is 0 Å². The van der Waals surface area contributed by atoms with Crippen LogP contribution >= 0.6 is 0 Å². The maximum absolute atomic E-state index is 10.8. The standard InChI is InChI=1S/C12H12O4/c13-6-5-10-3-1-9(2-4-12(15)16)7-11(10)8-14/h1-4,7-8,13H,5-6H2,(H,15,16). The Morgan fingerprint density at radius 2 is 2.12 bits per heavy atom. The molecule has 0 bridgehead atoms. The van der Waals surface area contributed by atoms with Crippen LogP contribution in [0.1, 0.15) is 21.5 Å². The molecule has 0 fully saturated rings. The molecule has 0 atom stereocenters. The maximum atomic E-state index is 10.8. The van der Waals surface area contributed by atoms with Gasteiger partial charge >= 0.3 is 5.97 Å². The fourth-order valence-electron chi connectivity index (χ4n) is 1.34. The van der Waals surface area contributed by atoms with Gasteiger partial charge in [0.2, 0.25) is 0 Å². The Morgan fingerprint density at radius 1 is 1.38 bits per heavy atom. The van der Waals surface area contributed by atoms with E-state index in [4.69, 9.17) is 10.2 Å². The molecule has 0 amide bonds. The third kappa shape index (κ3) is 3.33. The number of benzene rings is 1. The Hall–Kier alpha value is -1.94. The van der Waals surface area contributed by atoms with E-state index >= 15 is 0 Å². The number of aliphatic hydroxyl groups is 1. The molecule has 0 saturated carbocycles. The highest BCUT2D eigenvalue weighted by atomic mass is 16.4. The zero-order chi connectivity index (χ0) is 12.0. The van der Waals surface area contributed by atoms with Gasteiger partial charge in [0, 0.05) is 18.2 Å². The van der Waals surface area contributed by atoms with E-state index in [0.29, 0.717) is 23.8 Å². The van der Waals surface area contributed by atoms with E-state index < -0.39 is 5.97 Å². The molecule has 0 unspecified atom stereocenters. The van der Waals surface area contributed by atoms with Gasteiger partial charge in [-0.3, -0.25) is 4.79 Å². The smallest absolute Gasteiger partial charge is 0.328 e. The van der Waals surface area contributed by atoms with Crippen molar-refractivity contribution in [3.63, 3.8) is 0 Å². The maximum Gasteiger partial charge on any atom is 0.328 e. The van der Waals surface area contributed by atoms with Crippen molar-refractivity contribution in [2.75, 3.05) is 6.61 Å². The van der Waals surface area contributed by atoms with Crippen LogP contribution in [-0.4, -0.2) is 29.1 Å². The van der Waals surface area contributed by atoms with Gasteiger partial charge in [0.05, 0.1) is 0 Å². The summed E-state index contributed by atoms with van der Waals surface area (Å²) in [4.78, 5) is 21.1. The SMILES string of the molecule is O=Cc1cc(C=CC(=O)O)ccc1CCO. The first-order chi connectivity index (χ1) is 7.67. The first-order valence-corrected chi connectivity index (χ1v) is 4.77. The summed E-state index contributed by atoms with van der Waals surface area (Å²) in [5, 5.41) is 17.2. The van der Waals surface area contributed by atoms with Crippen molar-refractivity contribution in [1.82, 2.24) is 0 Å². The molecule has 4 nitrogen and oxygen atoms in total. The van der Waals surface area contributed by atoms with Crippen molar-refractivity contribution in [1.29, 1.82) is 0 Å². The molecular formula is C12H12O4. The monoisotopic (exact) mass is 220 g/mol. The highest BCUT2D eigenvalue weighted by molar-refractivity contribution is 5.86. The van der Waals surface area contributed by atoms with Crippen molar-refractivity contribution < 1.29 is 19.8 Å². The number of hydrogen-bond acceptors (Lipinski definition) is 3. The fraction of sp³-hybridized carbons (Fsp3) is 0.167. The minimum atomic E-state index is -1.04. The summed E-state index contributed by atoms with van der Waals surface area (Å²) < 4.78 is 0. The number of carbonyl (C=O) groups is 2. The molecule has 2 N–H and O–H groups in total. The molecule has 0 aliphatic rings. The molecule has 0 radical (unpaired) electrons. The summed E-state index contributed by atoms with van der Waals surface area (Å²) in [7, 11) is 0. The lowest BCUT2D eigenvalue weighted by Crippen LogP contribution is -1.97. The average Bonchev–Trinajstić information content (AvgIpc) is 2.28. The van der Waals surface area contributed by atoms with E-state index in [1.165, 1.54) is 6.08 Å². The Balaban J connectivity index is 2.99. The van der Waals surface area contributed by atoms with Gasteiger partial charge in [-0.25, -0.2) is 4.79 Å². The molecule has 0 spiro atoms. The second kappa shape index (κ2) is 5.82. The van der Waals surface area contributed by atoms with Gasteiger partial charge in [-0.1, -0.05) is 12.1 Å². The molecule has 1 rings (SSSR count). The topological polar surface area (TPSA) is 74.6 Å². The van der Waals surface area contributed by atoms with E-state index in [0.717, 1.165) is 11.6 Å². The molecule has 84 valence electrons. The molecule has 0 aliphatic carbocycles. The normalized spacial score (nSPS) is 10.6. The van der Waals surface area contributed by atoms with Crippen LogP contribution in [0.4, 0.5) is 0 Å². The number of hydrogen-bond donors (Lipinski definition) is 2. The van der Waals surface area contributed by atoms with Gasteiger partial charge in [0.1, 0.15) is 6.29 Å². The van der Waals surface area contributed by atoms with Gasteiger partial charge < -0.3 is 10.2 Å². The third-order valence-electron chi connectivity index (χ3n) is 2.10. The molecule has 16 heavy (non-hydrogen) atoms. The summed E-state index contributed by atoms with van der Waals surface area (Å²) in [6.07, 6.45) is 3.54. The first-order valence-electron chi connectivity index (χ1n) is 4.77. The van der Waals surface area contributed by atoms with Gasteiger partial charge in [-0.15, -0.1) is 0 Å². The van der Waals surface area contributed by atoms with Crippen LogP contribution < -0.4 is 0 Å². The predicted molar refractivity (Wildman–Crippen MR) is 59.3 cm³/mol. The Morgan fingerprint density at radius 3 is 2.69 bits per heavy atom. The van der Waals surface area contributed by atoms with Crippen molar-refractivity contribution in [3.8, 4) is 0 Å². The molecule has 0 aromatic heterocycles. The molecular weight excluding hydrogens is 208 g/mol. The zero-order valence-corrected chi connectivity index (χ0v) is 8.59. The number of aliphatic hydroxyl groups excluding tert-OH is 1. The third-order valence-corrected chi connectivity index (χ3v) is 2.10. The predicted octanol–water partition coefficient (Wildman–Crippen LogP) is 1.13. The minimum Gasteiger partial charge on any atom is -0.478 e. The second-order valence-electron chi connectivity index (χ2n) is 3.22. The summed E-state index contributed by atoms with van der Waals surface area (Å²) >= 11 is 0. The van der Waals surface area contributed by atoms with E-state index in [1.807, 2.05) is 0 Å². The molecule has 1 aromatic carbocycles. The quantitative estimate of drug-likeness (QED) is 0.576. The van der Waals surface area contributed by atoms with Crippen LogP contribution in [0.3, 0.4) is 0 Å². The van der Waals surface area contributed by atoms with Gasteiger partial charge in [-0.2, -0.15) is 0 Å². The van der Waals surface area contributed by atoms with Crippen LogP contribution in [0.2, 0.25) is 0 Å². The molecule has 0 heterocycles. The number of carbonyl (C=O) groups excluding carboxylic acids is 1. The van der Waals surface area contributed by atoms with Crippen LogP contribution in [0, 0.1) is 0 Å². The van der Waals surface area contributed by atoms with Gasteiger partial charge in [-0.05, 0) is 29.7 Å². The summed E-state index contributed by atoms with van der Waals surface area (Å²) in [5.41, 5.74) is 1.87. The lowest BCUT2D eigenvalue weighted by Gasteiger charge is -2.03. The minimum absolute atomic E-state index is 0.0227. The summed E-state index contributed by atoms with van der Waals surface area (Å²) in [6, 6.07) is 5.01. The molecule has 0 aliphatic heterocycles. The van der Waals surface area contributed by atoms with Crippen molar-refractivity contribution in [3.05, 3.63) is 41.0 Å². The lowest BCUT2D eigenvalue weighted by molar-refractivity contribution is -0.131. The Kier molecular flexibility index (Phi) is 4.42. The lowest BCUT2D eigenvalue weighted by atomic mass is 10.0. The number of rotatable bonds is 5. The van der Waals surface area contributed by atoms with Gasteiger partial charge in [0.25, 0.3) is 0 Å². The van der Waals surface area contributed by atoms with E-state index in [1.54, 1.807) is 18.2 Å². The summed E-state index contributed by atoms with van der Waals surface area (Å²) in [6.45, 7) is -0.0227. The number of aldehydes is 1. The number of carboxylic acids is 1. The van der Waals surface area contributed by atoms with E-state index in [-0.39, 0.29) is 6.61 Å². The Bertz CT molecular complexity index is 421. The molecule has 1 aromatic rings. The van der Waals surface area contributed by atoms with E-state index in [2.05, 4.69) is 0 Å². The van der Waals surface area contributed by atoms with Crippen molar-refractivity contribution in [2.45, 2.75) is 6.42 Å². The average molecular weight is 220 g/mol. The van der Waals surface area contributed by atoms with Crippen molar-refractivity contribution in [2.24, 2.45) is 0 Å². The van der Waals surface area contributed by atoms with Crippen LogP contribution in [-0.2, 0) is 11.2 Å². The number of aliphatic carboxylic acids is 1. The van der Waals surface area contributed by atoms with Crippen LogP contribution in [0.25, 0.3) is 6.08 Å². The summed E-state index contributed by atoms with van der Waals surface area (Å²) in [5.74, 6) is -1.04. The number of carboxylic acid groups (broad SMARTS) is 1. The fourth-order valence-corrected chi connectivity index (χ4v) is 1.34. The first kappa shape index (κ1) is 12.1. The second-order valence-corrected chi connectivity index (χ2v) is 3.22. The zero-order valence-electron chi connectivity index (χ0n) is 8.59. The van der Waals surface area contributed by atoms with Crippen LogP contribution in [0.15, 0.2) is 24.3 Å². The van der Waals surface area contributed by atoms with Crippen LogP contribution in [0.5, 0.6) is 0 Å². The Labute approximate surface area is 92.8 Å². The highest BCUT2D eigenvalue weighted by Crippen LogP contribution is 2.12. The molecule has 0 saturated heterocycles.